The maximum absolute atomic E-state index is 13.0. The Morgan fingerprint density at radius 2 is 1.62 bits per heavy atom. The lowest BCUT2D eigenvalue weighted by Crippen LogP contribution is -2.45. The van der Waals surface area contributed by atoms with E-state index in [1.54, 1.807) is 24.3 Å². The number of ketones is 1. The van der Waals surface area contributed by atoms with Crippen LogP contribution in [0.15, 0.2) is 40.9 Å². The van der Waals surface area contributed by atoms with E-state index in [-0.39, 0.29) is 41.3 Å². The number of nitrogens with zero attached hydrogens (tertiary/aromatic N) is 1. The fraction of sp³-hybridized carbons (Fsp3) is 0.455. The summed E-state index contributed by atoms with van der Waals surface area (Å²) >= 11 is 3.30. The lowest BCUT2D eigenvalue weighted by molar-refractivity contribution is -0.157. The van der Waals surface area contributed by atoms with Gasteiger partial charge in [0, 0.05) is 10.0 Å². The highest BCUT2D eigenvalue weighted by atomic mass is 79.9. The van der Waals surface area contributed by atoms with Gasteiger partial charge in [0.2, 0.25) is 11.8 Å². The SMILES string of the molecule is CC(C(=O)OCC(=O)c1ccc(Br)cc1)N1C(=O)C2C3C=CC(C4CC34)C2C1=O. The number of rotatable bonds is 5. The molecule has 7 unspecified atom stereocenters. The van der Waals surface area contributed by atoms with Crippen LogP contribution in [-0.4, -0.2) is 41.1 Å². The minimum absolute atomic E-state index is 0.110. The molecule has 29 heavy (non-hydrogen) atoms. The number of imide groups is 1. The van der Waals surface area contributed by atoms with Crippen molar-refractivity contribution in [1.29, 1.82) is 0 Å². The number of carbonyl (C=O) groups excluding carboxylic acids is 4. The zero-order chi connectivity index (χ0) is 20.4. The molecule has 2 amide bonds. The summed E-state index contributed by atoms with van der Waals surface area (Å²) in [7, 11) is 0. The molecule has 1 aliphatic heterocycles. The monoisotopic (exact) mass is 457 g/mol. The lowest BCUT2D eigenvalue weighted by Gasteiger charge is -2.37. The van der Waals surface area contributed by atoms with E-state index in [1.165, 1.54) is 6.92 Å². The number of esters is 1. The highest BCUT2D eigenvalue weighted by Crippen LogP contribution is 2.65. The number of Topliss-reactive ketones (excluding diaryl/α,β-unsaturated/α-hetero) is 1. The third kappa shape index (κ3) is 2.81. The summed E-state index contributed by atoms with van der Waals surface area (Å²) in [6.45, 7) is 1.07. The number of halogens is 1. The van der Waals surface area contributed by atoms with E-state index in [0.717, 1.165) is 15.8 Å². The molecule has 7 heteroatoms. The van der Waals surface area contributed by atoms with E-state index < -0.39 is 18.6 Å². The molecule has 4 aliphatic carbocycles. The Balaban J connectivity index is 1.26. The van der Waals surface area contributed by atoms with Crippen LogP contribution in [-0.2, 0) is 19.1 Å². The van der Waals surface area contributed by atoms with Crippen LogP contribution >= 0.6 is 15.9 Å². The molecule has 5 aliphatic rings. The molecule has 1 aromatic rings. The maximum atomic E-state index is 13.0. The Hall–Kier alpha value is -2.28. The normalized spacial score (nSPS) is 34.6. The third-order valence-corrected chi connectivity index (χ3v) is 7.47. The Morgan fingerprint density at radius 3 is 2.17 bits per heavy atom. The van der Waals surface area contributed by atoms with Crippen molar-refractivity contribution in [2.24, 2.45) is 35.5 Å². The largest absolute Gasteiger partial charge is 0.456 e. The van der Waals surface area contributed by atoms with Crippen LogP contribution in [0.25, 0.3) is 0 Å². The van der Waals surface area contributed by atoms with E-state index in [0.29, 0.717) is 17.4 Å². The molecule has 150 valence electrons. The molecule has 2 saturated carbocycles. The summed E-state index contributed by atoms with van der Waals surface area (Å²) in [5.74, 6) is -1.07. The third-order valence-electron chi connectivity index (χ3n) is 6.94. The van der Waals surface area contributed by atoms with Crippen LogP contribution in [0.2, 0.25) is 0 Å². The number of amides is 2. The van der Waals surface area contributed by atoms with Crippen LogP contribution in [0.1, 0.15) is 23.7 Å². The Bertz CT molecular complexity index is 918. The van der Waals surface area contributed by atoms with E-state index >= 15 is 0 Å². The second kappa shape index (κ2) is 6.62. The Kier molecular flexibility index (Phi) is 4.28. The first kappa shape index (κ1) is 18.7. The van der Waals surface area contributed by atoms with Gasteiger partial charge >= 0.3 is 5.97 Å². The van der Waals surface area contributed by atoms with Crippen molar-refractivity contribution in [1.82, 2.24) is 4.90 Å². The molecule has 6 rings (SSSR count). The summed E-state index contributed by atoms with van der Waals surface area (Å²) in [5.41, 5.74) is 0.426. The molecule has 1 saturated heterocycles. The van der Waals surface area contributed by atoms with Gasteiger partial charge in [-0.3, -0.25) is 19.3 Å². The number of carbonyl (C=O) groups is 4. The molecule has 3 fully saturated rings. The van der Waals surface area contributed by atoms with Crippen LogP contribution in [0.4, 0.5) is 0 Å². The smallest absolute Gasteiger partial charge is 0.329 e. The topological polar surface area (TPSA) is 80.8 Å². The number of likely N-dealkylation sites (tertiary alicyclic amines) is 1. The van der Waals surface area contributed by atoms with Gasteiger partial charge in [0.1, 0.15) is 6.04 Å². The standard InChI is InChI=1S/C22H20BrNO5/c1-10(22(28)29-9-17(25)11-2-4-12(23)5-3-11)24-20(26)18-13-6-7-14(16-8-15(13)16)19(18)21(24)27/h2-7,10,13-16,18-19H,8-9H2,1H3. The quantitative estimate of drug-likeness (QED) is 0.293. The van der Waals surface area contributed by atoms with Gasteiger partial charge in [-0.15, -0.1) is 0 Å². The van der Waals surface area contributed by atoms with E-state index in [4.69, 9.17) is 4.74 Å². The summed E-state index contributed by atoms with van der Waals surface area (Å²) in [4.78, 5) is 51.9. The summed E-state index contributed by atoms with van der Waals surface area (Å²) in [6, 6.07) is 5.70. The lowest BCUT2D eigenvalue weighted by atomic mass is 9.63. The van der Waals surface area contributed by atoms with E-state index in [1.807, 2.05) is 0 Å². The van der Waals surface area contributed by atoms with Gasteiger partial charge in [-0.1, -0.05) is 40.2 Å². The first-order valence-corrected chi connectivity index (χ1v) is 10.7. The zero-order valence-corrected chi connectivity index (χ0v) is 17.4. The highest BCUT2D eigenvalue weighted by Gasteiger charge is 2.67. The number of hydrogen-bond donors (Lipinski definition) is 0. The minimum atomic E-state index is -1.03. The van der Waals surface area contributed by atoms with Crippen LogP contribution in [0, 0.1) is 35.5 Å². The van der Waals surface area contributed by atoms with Crippen molar-refractivity contribution in [2.45, 2.75) is 19.4 Å². The van der Waals surface area contributed by atoms with Gasteiger partial charge in [-0.25, -0.2) is 4.79 Å². The molecule has 0 aromatic heterocycles. The van der Waals surface area contributed by atoms with Crippen molar-refractivity contribution in [2.75, 3.05) is 6.61 Å². The summed E-state index contributed by atoms with van der Waals surface area (Å²) < 4.78 is 5.99. The maximum Gasteiger partial charge on any atom is 0.329 e. The summed E-state index contributed by atoms with van der Waals surface area (Å²) in [5, 5.41) is 0. The number of hydrogen-bond acceptors (Lipinski definition) is 5. The molecule has 1 aromatic carbocycles. The Labute approximate surface area is 176 Å². The molecule has 0 N–H and O–H groups in total. The second-order valence-electron chi connectivity index (χ2n) is 8.41. The second-order valence-corrected chi connectivity index (χ2v) is 9.33. The summed E-state index contributed by atoms with van der Waals surface area (Å²) in [6.07, 6.45) is 5.27. The predicted molar refractivity (Wildman–Crippen MR) is 105 cm³/mol. The van der Waals surface area contributed by atoms with Crippen molar-refractivity contribution < 1.29 is 23.9 Å². The van der Waals surface area contributed by atoms with Gasteiger partial charge in [0.25, 0.3) is 0 Å². The number of benzene rings is 1. The fourth-order valence-electron chi connectivity index (χ4n) is 5.44. The zero-order valence-electron chi connectivity index (χ0n) is 15.8. The Morgan fingerprint density at radius 1 is 1.07 bits per heavy atom. The van der Waals surface area contributed by atoms with Crippen molar-refractivity contribution >= 4 is 39.5 Å². The first-order valence-electron chi connectivity index (χ1n) is 9.89. The van der Waals surface area contributed by atoms with Crippen LogP contribution in [0.3, 0.4) is 0 Å². The number of allylic oxidation sites excluding steroid dienone is 2. The van der Waals surface area contributed by atoms with Gasteiger partial charge in [-0.2, -0.15) is 0 Å². The average molecular weight is 458 g/mol. The molecule has 0 radical (unpaired) electrons. The molecule has 2 bridgehead atoms. The van der Waals surface area contributed by atoms with Crippen molar-refractivity contribution in [3.8, 4) is 0 Å². The van der Waals surface area contributed by atoms with Gasteiger partial charge < -0.3 is 4.74 Å². The van der Waals surface area contributed by atoms with Crippen molar-refractivity contribution in [3.63, 3.8) is 0 Å². The minimum Gasteiger partial charge on any atom is -0.456 e. The van der Waals surface area contributed by atoms with E-state index in [2.05, 4.69) is 28.1 Å². The van der Waals surface area contributed by atoms with Crippen LogP contribution < -0.4 is 0 Å². The molecule has 7 atom stereocenters. The first-order chi connectivity index (χ1) is 13.9. The molecular weight excluding hydrogens is 438 g/mol. The van der Waals surface area contributed by atoms with E-state index in [9.17, 15) is 19.2 Å². The average Bonchev–Trinajstić information content (AvgIpc) is 3.49. The molecule has 6 nitrogen and oxygen atoms in total. The van der Waals surface area contributed by atoms with Crippen LogP contribution in [0.5, 0.6) is 0 Å². The highest BCUT2D eigenvalue weighted by molar-refractivity contribution is 9.10. The molecule has 1 heterocycles. The number of ether oxygens (including phenoxy) is 1. The van der Waals surface area contributed by atoms with Crippen molar-refractivity contribution in [3.05, 3.63) is 46.5 Å². The molecule has 0 spiro atoms. The van der Waals surface area contributed by atoms with Gasteiger partial charge in [0.15, 0.2) is 12.4 Å². The van der Waals surface area contributed by atoms with Gasteiger partial charge in [0.05, 0.1) is 11.8 Å². The fourth-order valence-corrected chi connectivity index (χ4v) is 5.71. The molecular formula is C22H20BrNO5. The predicted octanol–water partition coefficient (Wildman–Crippen LogP) is 2.62. The van der Waals surface area contributed by atoms with Gasteiger partial charge in [-0.05, 0) is 49.1 Å².